The Kier molecular flexibility index (Phi) is 5.95. The zero-order valence-corrected chi connectivity index (χ0v) is 16.1. The Morgan fingerprint density at radius 3 is 2.73 bits per heavy atom. The number of aromatic nitrogens is 2. The molecule has 0 atom stereocenters. The van der Waals surface area contributed by atoms with E-state index in [4.69, 9.17) is 11.6 Å². The van der Waals surface area contributed by atoms with Crippen LogP contribution in [0, 0.1) is 6.92 Å². The molecule has 1 aromatic carbocycles. The first-order valence-corrected chi connectivity index (χ1v) is 10.4. The number of nitrogens with one attached hydrogen (secondary N) is 2. The second-order valence-corrected chi connectivity index (χ2v) is 8.40. The van der Waals surface area contributed by atoms with Crippen molar-refractivity contribution >= 4 is 33.1 Å². The van der Waals surface area contributed by atoms with Crippen molar-refractivity contribution in [2.45, 2.75) is 24.7 Å². The van der Waals surface area contributed by atoms with E-state index in [0.717, 1.165) is 18.8 Å². The van der Waals surface area contributed by atoms with Crippen molar-refractivity contribution in [1.29, 1.82) is 0 Å². The highest BCUT2D eigenvalue weighted by Gasteiger charge is 2.17. The first-order chi connectivity index (χ1) is 12.5. The van der Waals surface area contributed by atoms with Gasteiger partial charge >= 0.3 is 0 Å². The molecule has 140 valence electrons. The second-order valence-electron chi connectivity index (χ2n) is 6.23. The van der Waals surface area contributed by atoms with Crippen molar-refractivity contribution in [1.82, 2.24) is 14.9 Å². The Bertz CT molecular complexity index is 869. The molecule has 0 amide bonds. The van der Waals surface area contributed by atoms with E-state index in [1.54, 1.807) is 25.3 Å². The summed E-state index contributed by atoms with van der Waals surface area (Å²) in [6, 6.07) is 6.75. The fourth-order valence-electron chi connectivity index (χ4n) is 2.91. The quantitative estimate of drug-likeness (QED) is 0.700. The summed E-state index contributed by atoms with van der Waals surface area (Å²) < 4.78 is 27.4. The molecule has 2 N–H and O–H groups in total. The summed E-state index contributed by atoms with van der Waals surface area (Å²) in [6.45, 7) is 4.43. The zero-order valence-electron chi connectivity index (χ0n) is 14.6. The third kappa shape index (κ3) is 4.63. The molecule has 1 fully saturated rings. The van der Waals surface area contributed by atoms with Gasteiger partial charge in [-0.3, -0.25) is 0 Å². The summed E-state index contributed by atoms with van der Waals surface area (Å²) in [4.78, 5) is 2.46. The number of hydrogen-bond acceptors (Lipinski definition) is 6. The minimum absolute atomic E-state index is 0.195. The monoisotopic (exact) mass is 395 g/mol. The van der Waals surface area contributed by atoms with Gasteiger partial charge in [0.1, 0.15) is 0 Å². The molecule has 1 aromatic heterocycles. The van der Waals surface area contributed by atoms with Gasteiger partial charge in [0.25, 0.3) is 0 Å². The average molecular weight is 396 g/mol. The van der Waals surface area contributed by atoms with Crippen LogP contribution >= 0.6 is 11.6 Å². The number of halogens is 1. The van der Waals surface area contributed by atoms with Crippen molar-refractivity contribution in [3.63, 3.8) is 0 Å². The lowest BCUT2D eigenvalue weighted by molar-refractivity contribution is 0.582. The summed E-state index contributed by atoms with van der Waals surface area (Å²) in [5.41, 5.74) is 1.69. The van der Waals surface area contributed by atoms with Gasteiger partial charge in [-0.2, -0.15) is 5.10 Å². The molecular formula is C17H22ClN5O2S. The largest absolute Gasteiger partial charge is 0.370 e. The number of sulfonamides is 1. The third-order valence-corrected chi connectivity index (χ3v) is 6.11. The van der Waals surface area contributed by atoms with Crippen LogP contribution in [0.2, 0.25) is 5.02 Å². The molecule has 0 aliphatic carbocycles. The predicted octanol–water partition coefficient (Wildman–Crippen LogP) is 2.43. The molecule has 0 saturated carbocycles. The molecule has 0 radical (unpaired) electrons. The zero-order chi connectivity index (χ0) is 18.6. The molecule has 1 aliphatic heterocycles. The van der Waals surface area contributed by atoms with E-state index in [1.807, 2.05) is 6.07 Å². The number of hydrogen-bond donors (Lipinski definition) is 2. The number of rotatable bonds is 7. The van der Waals surface area contributed by atoms with Crippen LogP contribution in [0.3, 0.4) is 0 Å². The van der Waals surface area contributed by atoms with Crippen LogP contribution in [0.1, 0.15) is 18.4 Å². The fraction of sp³-hybridized carbons (Fsp3) is 0.412. The van der Waals surface area contributed by atoms with Crippen molar-refractivity contribution in [3.05, 3.63) is 41.0 Å². The van der Waals surface area contributed by atoms with Crippen LogP contribution in [0.5, 0.6) is 0 Å². The van der Waals surface area contributed by atoms with Crippen LogP contribution in [0.25, 0.3) is 0 Å². The third-order valence-electron chi connectivity index (χ3n) is 4.27. The van der Waals surface area contributed by atoms with E-state index < -0.39 is 10.0 Å². The minimum Gasteiger partial charge on any atom is -0.370 e. The molecular weight excluding hydrogens is 374 g/mol. The Balaban J connectivity index is 1.55. The number of nitrogens with zero attached hydrogens (tertiary/aromatic N) is 3. The predicted molar refractivity (Wildman–Crippen MR) is 103 cm³/mol. The summed E-state index contributed by atoms with van der Waals surface area (Å²) in [5, 5.41) is 11.6. The average Bonchev–Trinajstić information content (AvgIpc) is 3.16. The van der Waals surface area contributed by atoms with Gasteiger partial charge in [0.2, 0.25) is 10.0 Å². The molecule has 26 heavy (non-hydrogen) atoms. The molecule has 1 saturated heterocycles. The van der Waals surface area contributed by atoms with Crippen LogP contribution in [0.4, 0.5) is 11.5 Å². The SMILES string of the molecule is Cc1ccc(Cl)cc1S(=O)(=O)NCCNc1cc(N2CCCC2)cnn1. The number of benzene rings is 1. The number of aryl methyl sites for hydroxylation is 1. The normalized spacial score (nSPS) is 14.6. The Hall–Kier alpha value is -1.90. The van der Waals surface area contributed by atoms with Gasteiger partial charge in [-0.05, 0) is 37.5 Å². The maximum absolute atomic E-state index is 12.4. The van der Waals surface area contributed by atoms with Crippen LogP contribution < -0.4 is 14.9 Å². The first-order valence-electron chi connectivity index (χ1n) is 8.53. The number of anilines is 2. The summed E-state index contributed by atoms with van der Waals surface area (Å²) in [5.74, 6) is 0.632. The van der Waals surface area contributed by atoms with Crippen molar-refractivity contribution in [2.24, 2.45) is 0 Å². The first kappa shape index (κ1) is 18.9. The molecule has 2 heterocycles. The molecule has 2 aromatic rings. The molecule has 9 heteroatoms. The smallest absolute Gasteiger partial charge is 0.240 e. The van der Waals surface area contributed by atoms with Crippen LogP contribution in [-0.4, -0.2) is 44.8 Å². The van der Waals surface area contributed by atoms with Gasteiger partial charge in [0.15, 0.2) is 5.82 Å². The van der Waals surface area contributed by atoms with Gasteiger partial charge in [-0.25, -0.2) is 13.1 Å². The maximum atomic E-state index is 12.4. The van der Waals surface area contributed by atoms with E-state index in [9.17, 15) is 8.42 Å². The highest BCUT2D eigenvalue weighted by atomic mass is 35.5. The van der Waals surface area contributed by atoms with E-state index in [-0.39, 0.29) is 11.4 Å². The van der Waals surface area contributed by atoms with Crippen molar-refractivity contribution < 1.29 is 8.42 Å². The van der Waals surface area contributed by atoms with Gasteiger partial charge in [0.05, 0.1) is 16.8 Å². The van der Waals surface area contributed by atoms with Crippen LogP contribution in [-0.2, 0) is 10.0 Å². The van der Waals surface area contributed by atoms with E-state index in [1.165, 1.54) is 18.9 Å². The fourth-order valence-corrected chi connectivity index (χ4v) is 4.45. The summed E-state index contributed by atoms with van der Waals surface area (Å²) in [6.07, 6.45) is 4.13. The van der Waals surface area contributed by atoms with E-state index >= 15 is 0 Å². The Labute approximate surface area is 158 Å². The summed E-state index contributed by atoms with van der Waals surface area (Å²) >= 11 is 5.91. The van der Waals surface area contributed by atoms with Gasteiger partial charge in [-0.15, -0.1) is 5.10 Å². The van der Waals surface area contributed by atoms with E-state index in [0.29, 0.717) is 22.9 Å². The summed E-state index contributed by atoms with van der Waals surface area (Å²) in [7, 11) is -3.61. The molecule has 1 aliphatic rings. The standard InChI is InChI=1S/C17H22ClN5O2S/c1-13-4-5-14(18)10-16(13)26(24,25)21-7-6-19-17-11-15(12-20-22-17)23-8-2-3-9-23/h4-5,10-12,21H,2-3,6-9H2,1H3,(H,19,22). The maximum Gasteiger partial charge on any atom is 0.240 e. The topological polar surface area (TPSA) is 87.2 Å². The van der Waals surface area contributed by atoms with Crippen molar-refractivity contribution in [3.8, 4) is 0 Å². The lowest BCUT2D eigenvalue weighted by Gasteiger charge is -2.17. The van der Waals surface area contributed by atoms with Gasteiger partial charge < -0.3 is 10.2 Å². The molecule has 3 rings (SSSR count). The molecule has 0 spiro atoms. The molecule has 0 bridgehead atoms. The van der Waals surface area contributed by atoms with Gasteiger partial charge in [0, 0.05) is 37.3 Å². The lowest BCUT2D eigenvalue weighted by atomic mass is 10.2. The molecule has 0 unspecified atom stereocenters. The van der Waals surface area contributed by atoms with Crippen LogP contribution in [0.15, 0.2) is 35.4 Å². The van der Waals surface area contributed by atoms with E-state index in [2.05, 4.69) is 25.1 Å². The van der Waals surface area contributed by atoms with Crippen molar-refractivity contribution in [2.75, 3.05) is 36.4 Å². The minimum atomic E-state index is -3.61. The lowest BCUT2D eigenvalue weighted by Crippen LogP contribution is -2.29. The van der Waals surface area contributed by atoms with Gasteiger partial charge in [-0.1, -0.05) is 17.7 Å². The molecule has 7 nitrogen and oxygen atoms in total. The Morgan fingerprint density at radius 1 is 1.19 bits per heavy atom. The Morgan fingerprint density at radius 2 is 1.96 bits per heavy atom. The second kappa shape index (κ2) is 8.20. The highest BCUT2D eigenvalue weighted by molar-refractivity contribution is 7.89. The highest BCUT2D eigenvalue weighted by Crippen LogP contribution is 2.21.